The molecule has 3 N–H and O–H groups in total. The van der Waals surface area contributed by atoms with Crippen molar-refractivity contribution in [3.63, 3.8) is 0 Å². The van der Waals surface area contributed by atoms with Crippen LogP contribution in [0.5, 0.6) is 0 Å². The van der Waals surface area contributed by atoms with Gasteiger partial charge in [-0.2, -0.15) is 20.1 Å². The number of ether oxygens (including phenoxy) is 1. The van der Waals surface area contributed by atoms with Crippen LogP contribution < -0.4 is 10.6 Å². The summed E-state index contributed by atoms with van der Waals surface area (Å²) in [5.41, 5.74) is 0. The number of hydrogen-bond acceptors (Lipinski definition) is 8. The maximum atomic E-state index is 9.64. The van der Waals surface area contributed by atoms with Gasteiger partial charge in [-0.1, -0.05) is 0 Å². The molecule has 0 radical (unpaired) electrons. The van der Waals surface area contributed by atoms with E-state index in [0.717, 1.165) is 0 Å². The quantitative estimate of drug-likeness (QED) is 0.619. The summed E-state index contributed by atoms with van der Waals surface area (Å²) in [6, 6.07) is 1.78. The highest BCUT2D eigenvalue weighted by Crippen LogP contribution is 2.08. The molecule has 0 fully saturated rings. The molecule has 0 aliphatic carbocycles. The third kappa shape index (κ3) is 4.36. The first-order valence-electron chi connectivity index (χ1n) is 6.63. The molecule has 0 aliphatic rings. The Balaban J connectivity index is 2.16. The Hall–Kier alpha value is -2.26. The first kappa shape index (κ1) is 15.1. The van der Waals surface area contributed by atoms with Crippen molar-refractivity contribution in [3.8, 4) is 5.95 Å². The van der Waals surface area contributed by atoms with E-state index in [0.29, 0.717) is 24.4 Å². The minimum atomic E-state index is -0.637. The molecule has 0 aliphatic heterocycles. The first-order chi connectivity index (χ1) is 10.2. The highest BCUT2D eigenvalue weighted by molar-refractivity contribution is 5.37. The molecule has 2 rings (SSSR count). The Morgan fingerprint density at radius 2 is 2.05 bits per heavy atom. The Labute approximate surface area is 122 Å². The monoisotopic (exact) mass is 293 g/mol. The number of nitrogens with one attached hydrogen (secondary N) is 2. The number of aliphatic hydroxyl groups excluding tert-OH is 1. The van der Waals surface area contributed by atoms with Crippen LogP contribution >= 0.6 is 0 Å². The topological polar surface area (TPSA) is 110 Å². The molecule has 0 saturated heterocycles. The van der Waals surface area contributed by atoms with Gasteiger partial charge in [0.1, 0.15) is 0 Å². The first-order valence-corrected chi connectivity index (χ1v) is 6.63. The van der Waals surface area contributed by atoms with E-state index in [-0.39, 0.29) is 13.2 Å². The lowest BCUT2D eigenvalue weighted by molar-refractivity contribution is 0.0726. The predicted molar refractivity (Wildman–Crippen MR) is 77.5 cm³/mol. The van der Waals surface area contributed by atoms with E-state index in [1.807, 2.05) is 6.92 Å². The maximum Gasteiger partial charge on any atom is 0.257 e. The lowest BCUT2D eigenvalue weighted by atomic mass is 10.4. The number of anilines is 2. The van der Waals surface area contributed by atoms with Crippen molar-refractivity contribution < 1.29 is 9.84 Å². The summed E-state index contributed by atoms with van der Waals surface area (Å²) in [5, 5.41) is 19.7. The normalized spacial score (nSPS) is 12.1. The number of methoxy groups -OCH3 is 1. The standard InChI is InChI=1S/C12H19N7O2/c1-3-13-10-16-11(14-7-9(20)8-21-2)18-12(17-10)19-6-4-5-15-19/h4-6,9,20H,3,7-8H2,1-2H3,(H2,13,14,16,17,18). The number of hydrogen-bond donors (Lipinski definition) is 3. The summed E-state index contributed by atoms with van der Waals surface area (Å²) in [5.74, 6) is 1.21. The van der Waals surface area contributed by atoms with E-state index in [9.17, 15) is 5.11 Å². The van der Waals surface area contributed by atoms with Crippen LogP contribution in [0.3, 0.4) is 0 Å². The van der Waals surface area contributed by atoms with E-state index in [4.69, 9.17) is 4.74 Å². The SMILES string of the molecule is CCNc1nc(NCC(O)COC)nc(-n2cccn2)n1. The average Bonchev–Trinajstić information content (AvgIpc) is 3.00. The van der Waals surface area contributed by atoms with Crippen molar-refractivity contribution in [2.75, 3.05) is 37.4 Å². The largest absolute Gasteiger partial charge is 0.389 e. The summed E-state index contributed by atoms with van der Waals surface area (Å²) >= 11 is 0. The van der Waals surface area contributed by atoms with Crippen LogP contribution in [-0.2, 0) is 4.74 Å². The highest BCUT2D eigenvalue weighted by atomic mass is 16.5. The van der Waals surface area contributed by atoms with Crippen LogP contribution in [0, 0.1) is 0 Å². The Morgan fingerprint density at radius 3 is 2.67 bits per heavy atom. The predicted octanol–water partition coefficient (Wildman–Crippen LogP) is -0.0917. The summed E-state index contributed by atoms with van der Waals surface area (Å²) in [7, 11) is 1.53. The zero-order valence-corrected chi connectivity index (χ0v) is 12.0. The lowest BCUT2D eigenvalue weighted by Gasteiger charge is -2.12. The van der Waals surface area contributed by atoms with Crippen LogP contribution in [0.4, 0.5) is 11.9 Å². The fraction of sp³-hybridized carbons (Fsp3) is 0.500. The third-order valence-electron chi connectivity index (χ3n) is 2.52. The Morgan fingerprint density at radius 1 is 1.29 bits per heavy atom. The van der Waals surface area contributed by atoms with Crippen LogP contribution in [0.25, 0.3) is 5.95 Å². The fourth-order valence-electron chi connectivity index (χ4n) is 1.63. The zero-order chi connectivity index (χ0) is 15.1. The average molecular weight is 293 g/mol. The molecule has 2 aromatic heterocycles. The van der Waals surface area contributed by atoms with Gasteiger partial charge in [0.15, 0.2) is 0 Å². The molecule has 2 heterocycles. The summed E-state index contributed by atoms with van der Waals surface area (Å²) < 4.78 is 6.41. The molecule has 0 aromatic carbocycles. The number of aromatic nitrogens is 5. The summed E-state index contributed by atoms with van der Waals surface area (Å²) in [6.07, 6.45) is 2.75. The molecule has 114 valence electrons. The molecule has 1 atom stereocenters. The third-order valence-corrected chi connectivity index (χ3v) is 2.52. The van der Waals surface area contributed by atoms with Gasteiger partial charge >= 0.3 is 0 Å². The second-order valence-corrected chi connectivity index (χ2v) is 4.25. The maximum absolute atomic E-state index is 9.64. The number of nitrogens with zero attached hydrogens (tertiary/aromatic N) is 5. The van der Waals surface area contributed by atoms with Crippen LogP contribution in [0.2, 0.25) is 0 Å². The minimum Gasteiger partial charge on any atom is -0.389 e. The van der Waals surface area contributed by atoms with E-state index < -0.39 is 6.10 Å². The van der Waals surface area contributed by atoms with Crippen LogP contribution in [0.1, 0.15) is 6.92 Å². The molecule has 0 spiro atoms. The molecule has 2 aromatic rings. The second-order valence-electron chi connectivity index (χ2n) is 4.25. The lowest BCUT2D eigenvalue weighted by Crippen LogP contribution is -2.25. The molecule has 9 heteroatoms. The van der Waals surface area contributed by atoms with Crippen molar-refractivity contribution in [1.82, 2.24) is 24.7 Å². The fourth-order valence-corrected chi connectivity index (χ4v) is 1.63. The van der Waals surface area contributed by atoms with E-state index in [1.54, 1.807) is 23.1 Å². The second kappa shape index (κ2) is 7.50. The van der Waals surface area contributed by atoms with E-state index >= 15 is 0 Å². The van der Waals surface area contributed by atoms with Gasteiger partial charge < -0.3 is 20.5 Å². The molecular weight excluding hydrogens is 274 g/mol. The minimum absolute atomic E-state index is 0.240. The van der Waals surface area contributed by atoms with Crippen molar-refractivity contribution in [3.05, 3.63) is 18.5 Å². The van der Waals surface area contributed by atoms with Gasteiger partial charge in [0, 0.05) is 32.6 Å². The van der Waals surface area contributed by atoms with E-state index in [1.165, 1.54) is 7.11 Å². The van der Waals surface area contributed by atoms with Crippen LogP contribution in [-0.4, -0.2) is 62.7 Å². The molecule has 0 amide bonds. The van der Waals surface area contributed by atoms with Gasteiger partial charge in [-0.25, -0.2) is 4.68 Å². The summed E-state index contributed by atoms with van der Waals surface area (Å²) in [6.45, 7) is 3.16. The van der Waals surface area contributed by atoms with Crippen LogP contribution in [0.15, 0.2) is 18.5 Å². The number of aliphatic hydroxyl groups is 1. The van der Waals surface area contributed by atoms with Gasteiger partial charge in [0.05, 0.1) is 12.7 Å². The smallest absolute Gasteiger partial charge is 0.257 e. The van der Waals surface area contributed by atoms with Gasteiger partial charge in [0.2, 0.25) is 11.9 Å². The molecule has 0 bridgehead atoms. The van der Waals surface area contributed by atoms with E-state index in [2.05, 4.69) is 30.7 Å². The van der Waals surface area contributed by atoms with Gasteiger partial charge in [0.25, 0.3) is 5.95 Å². The molecular formula is C12H19N7O2. The van der Waals surface area contributed by atoms with Crippen molar-refractivity contribution in [1.29, 1.82) is 0 Å². The van der Waals surface area contributed by atoms with Gasteiger partial charge in [-0.05, 0) is 13.0 Å². The molecule has 9 nitrogen and oxygen atoms in total. The number of rotatable bonds is 8. The Kier molecular flexibility index (Phi) is 5.41. The summed E-state index contributed by atoms with van der Waals surface area (Å²) in [4.78, 5) is 12.8. The molecule has 1 unspecified atom stereocenters. The van der Waals surface area contributed by atoms with Crippen molar-refractivity contribution >= 4 is 11.9 Å². The molecule has 21 heavy (non-hydrogen) atoms. The van der Waals surface area contributed by atoms with Crippen molar-refractivity contribution in [2.45, 2.75) is 13.0 Å². The zero-order valence-electron chi connectivity index (χ0n) is 12.0. The Bertz CT molecular complexity index is 547. The highest BCUT2D eigenvalue weighted by Gasteiger charge is 2.09. The molecule has 0 saturated carbocycles. The van der Waals surface area contributed by atoms with Gasteiger partial charge in [-0.15, -0.1) is 0 Å². The van der Waals surface area contributed by atoms with Crippen molar-refractivity contribution in [2.24, 2.45) is 0 Å². The van der Waals surface area contributed by atoms with Gasteiger partial charge in [-0.3, -0.25) is 0 Å².